The molecule has 3 N–H and O–H groups in total. The molecule has 0 unspecified atom stereocenters. The van der Waals surface area contributed by atoms with Gasteiger partial charge in [-0.25, -0.2) is 4.57 Å². The van der Waals surface area contributed by atoms with Crippen molar-refractivity contribution in [2.45, 2.75) is 0 Å². The Morgan fingerprint density at radius 3 is 1.90 bits per heavy atom. The normalized spacial score (nSPS) is 13.5. The van der Waals surface area contributed by atoms with Crippen LogP contribution >= 0.6 is 7.82 Å². The van der Waals surface area contributed by atoms with E-state index in [4.69, 9.17) is 14.3 Å². The second-order valence-electron chi connectivity index (χ2n) is 1.32. The lowest BCUT2D eigenvalue weighted by Gasteiger charge is -2.00. The van der Waals surface area contributed by atoms with Gasteiger partial charge in [-0.1, -0.05) is 0 Å². The van der Waals surface area contributed by atoms with Gasteiger partial charge in [0, 0.05) is 0 Å². The number of phosphoric acid groups is 1. The Kier molecular flexibility index (Phi) is 2.96. The topological polar surface area (TPSA) is 121 Å². The van der Waals surface area contributed by atoms with E-state index in [0.717, 1.165) is 0 Å². The molecule has 0 atom stereocenters. The Labute approximate surface area is 56.6 Å². The second-order valence-corrected chi connectivity index (χ2v) is 3.96. The molecule has 0 saturated carbocycles. The lowest BCUT2D eigenvalue weighted by atomic mass is 11.7. The molecule has 0 saturated heterocycles. The highest BCUT2D eigenvalue weighted by atomic mass is 32.2. The van der Waals surface area contributed by atoms with Crippen molar-refractivity contribution in [1.82, 2.24) is 0 Å². The maximum absolute atomic E-state index is 9.77. The first-order valence-electron chi connectivity index (χ1n) is 1.86. The summed E-state index contributed by atoms with van der Waals surface area (Å²) in [5, 5.41) is 0. The average molecular weight is 192 g/mol. The minimum atomic E-state index is -4.80. The van der Waals surface area contributed by atoms with Gasteiger partial charge in [-0.3, -0.25) is 9.08 Å². The lowest BCUT2D eigenvalue weighted by molar-refractivity contribution is 0.218. The fourth-order valence-electron chi connectivity index (χ4n) is 0.135. The molecule has 0 aromatic rings. The molecule has 0 aromatic heterocycles. The SMILES string of the molecule is O=P(O)(O)OCS(=O)(=O)O. The fourth-order valence-corrected chi connectivity index (χ4v) is 1.22. The Morgan fingerprint density at radius 2 is 1.80 bits per heavy atom. The van der Waals surface area contributed by atoms with Gasteiger partial charge in [0.1, 0.15) is 0 Å². The van der Waals surface area contributed by atoms with Crippen LogP contribution in [-0.4, -0.2) is 28.7 Å². The van der Waals surface area contributed by atoms with E-state index in [-0.39, 0.29) is 0 Å². The van der Waals surface area contributed by atoms with Crippen molar-refractivity contribution in [2.24, 2.45) is 0 Å². The Bertz CT molecular complexity index is 232. The van der Waals surface area contributed by atoms with Gasteiger partial charge in [0.2, 0.25) is 0 Å². The van der Waals surface area contributed by atoms with Gasteiger partial charge in [0.05, 0.1) is 0 Å². The van der Waals surface area contributed by atoms with Crippen LogP contribution in [0, 0.1) is 0 Å². The summed E-state index contributed by atoms with van der Waals surface area (Å²) in [5.41, 5.74) is 0. The minimum absolute atomic E-state index is 1.41. The average Bonchev–Trinajstić information content (AvgIpc) is 1.57. The molecule has 0 aliphatic carbocycles. The summed E-state index contributed by atoms with van der Waals surface area (Å²) in [4.78, 5) is 15.8. The maximum atomic E-state index is 9.77. The molecule has 0 heterocycles. The molecular formula is CH5O7PS. The molecule has 0 radical (unpaired) electrons. The minimum Gasteiger partial charge on any atom is -0.303 e. The van der Waals surface area contributed by atoms with E-state index in [2.05, 4.69) is 4.52 Å². The van der Waals surface area contributed by atoms with E-state index < -0.39 is 23.9 Å². The molecule has 0 amide bonds. The Hall–Kier alpha value is 0.0200. The van der Waals surface area contributed by atoms with E-state index >= 15 is 0 Å². The molecule has 0 aliphatic rings. The van der Waals surface area contributed by atoms with Crippen molar-refractivity contribution in [2.75, 3.05) is 5.94 Å². The lowest BCUT2D eigenvalue weighted by Crippen LogP contribution is -2.05. The van der Waals surface area contributed by atoms with Crippen molar-refractivity contribution >= 4 is 17.9 Å². The first-order chi connectivity index (χ1) is 4.21. The number of hydrogen-bond donors (Lipinski definition) is 3. The van der Waals surface area contributed by atoms with Crippen LogP contribution in [0.3, 0.4) is 0 Å². The molecule has 0 spiro atoms. The van der Waals surface area contributed by atoms with Gasteiger partial charge in [0.25, 0.3) is 10.1 Å². The van der Waals surface area contributed by atoms with E-state index in [1.807, 2.05) is 0 Å². The molecule has 9 heteroatoms. The van der Waals surface area contributed by atoms with Crippen LogP contribution in [0.25, 0.3) is 0 Å². The zero-order valence-corrected chi connectivity index (χ0v) is 6.25. The fraction of sp³-hybridized carbons (Fsp3) is 1.00. The Morgan fingerprint density at radius 1 is 1.40 bits per heavy atom. The first kappa shape index (κ1) is 10.0. The highest BCUT2D eigenvalue weighted by molar-refractivity contribution is 7.85. The predicted octanol–water partition coefficient (Wildman–Crippen LogP) is -1.06. The molecule has 7 nitrogen and oxygen atoms in total. The Balaban J connectivity index is 3.92. The number of rotatable bonds is 3. The van der Waals surface area contributed by atoms with Crippen molar-refractivity contribution in [3.8, 4) is 0 Å². The highest BCUT2D eigenvalue weighted by Gasteiger charge is 2.17. The van der Waals surface area contributed by atoms with Gasteiger partial charge < -0.3 is 9.79 Å². The molecule has 0 fully saturated rings. The third-order valence-corrected chi connectivity index (χ3v) is 1.43. The zero-order chi connectivity index (χ0) is 8.41. The first-order valence-corrected chi connectivity index (χ1v) is 5.00. The molecule has 62 valence electrons. The monoisotopic (exact) mass is 192 g/mol. The summed E-state index contributed by atoms with van der Waals surface area (Å²) in [6.45, 7) is 0. The summed E-state index contributed by atoms with van der Waals surface area (Å²) in [5.74, 6) is -1.41. The van der Waals surface area contributed by atoms with E-state index in [1.54, 1.807) is 0 Å². The summed E-state index contributed by atoms with van der Waals surface area (Å²) in [7, 11) is -9.27. The van der Waals surface area contributed by atoms with Crippen molar-refractivity contribution in [1.29, 1.82) is 0 Å². The quantitative estimate of drug-likeness (QED) is 0.384. The summed E-state index contributed by atoms with van der Waals surface area (Å²) in [6.07, 6.45) is 0. The van der Waals surface area contributed by atoms with Gasteiger partial charge in [0.15, 0.2) is 5.94 Å². The van der Waals surface area contributed by atoms with Crippen molar-refractivity contribution < 1.29 is 31.8 Å². The summed E-state index contributed by atoms with van der Waals surface area (Å²) < 4.78 is 40.6. The molecule has 0 bridgehead atoms. The van der Waals surface area contributed by atoms with Crippen LogP contribution in [0.4, 0.5) is 0 Å². The van der Waals surface area contributed by atoms with Gasteiger partial charge in [-0.05, 0) is 0 Å². The van der Waals surface area contributed by atoms with Gasteiger partial charge >= 0.3 is 7.82 Å². The van der Waals surface area contributed by atoms with Crippen LogP contribution in [0.2, 0.25) is 0 Å². The van der Waals surface area contributed by atoms with Crippen molar-refractivity contribution in [3.63, 3.8) is 0 Å². The van der Waals surface area contributed by atoms with E-state index in [0.29, 0.717) is 0 Å². The standard InChI is InChI=1S/CH5O7PS/c2-9(3,4)8-1-10(5,6)7/h1H2,(H2,2,3,4)(H,5,6,7). The third kappa shape index (κ3) is 8.02. The van der Waals surface area contributed by atoms with E-state index in [9.17, 15) is 13.0 Å². The summed E-state index contributed by atoms with van der Waals surface area (Å²) >= 11 is 0. The highest BCUT2D eigenvalue weighted by Crippen LogP contribution is 2.35. The van der Waals surface area contributed by atoms with Crippen LogP contribution in [-0.2, 0) is 19.2 Å². The van der Waals surface area contributed by atoms with Gasteiger partial charge in [-0.2, -0.15) is 8.42 Å². The van der Waals surface area contributed by atoms with Crippen molar-refractivity contribution in [3.05, 3.63) is 0 Å². The third-order valence-electron chi connectivity index (χ3n) is 0.370. The maximum Gasteiger partial charge on any atom is 0.470 e. The molecule has 0 aromatic carbocycles. The van der Waals surface area contributed by atoms with Crippen LogP contribution in [0.15, 0.2) is 0 Å². The van der Waals surface area contributed by atoms with E-state index in [1.165, 1.54) is 0 Å². The molecule has 10 heavy (non-hydrogen) atoms. The predicted molar refractivity (Wildman–Crippen MR) is 29.5 cm³/mol. The number of hydrogen-bond acceptors (Lipinski definition) is 4. The largest absolute Gasteiger partial charge is 0.470 e. The van der Waals surface area contributed by atoms with Crippen LogP contribution in [0.1, 0.15) is 0 Å². The zero-order valence-electron chi connectivity index (χ0n) is 4.54. The summed E-state index contributed by atoms with van der Waals surface area (Å²) in [6, 6.07) is 0. The second kappa shape index (κ2) is 2.95. The number of phosphoric ester groups is 1. The smallest absolute Gasteiger partial charge is 0.303 e. The van der Waals surface area contributed by atoms with Crippen LogP contribution < -0.4 is 0 Å². The molecule has 0 rings (SSSR count). The molecular weight excluding hydrogens is 187 g/mol. The van der Waals surface area contributed by atoms with Crippen LogP contribution in [0.5, 0.6) is 0 Å². The van der Waals surface area contributed by atoms with Gasteiger partial charge in [-0.15, -0.1) is 0 Å². The molecule has 0 aliphatic heterocycles.